The van der Waals surface area contributed by atoms with Crippen molar-refractivity contribution in [3.8, 4) is 0 Å². The predicted molar refractivity (Wildman–Crippen MR) is 92.9 cm³/mol. The van der Waals surface area contributed by atoms with Gasteiger partial charge in [-0.25, -0.2) is 0 Å². The molecule has 1 aliphatic heterocycles. The second-order valence-electron chi connectivity index (χ2n) is 6.20. The molecule has 0 spiro atoms. The number of hydrogen-bond donors (Lipinski definition) is 2. The van der Waals surface area contributed by atoms with Crippen LogP contribution in [-0.2, 0) is 27.4 Å². The fourth-order valence-corrected chi connectivity index (χ4v) is 2.84. The van der Waals surface area contributed by atoms with Crippen LogP contribution < -0.4 is 0 Å². The highest BCUT2D eigenvalue weighted by Crippen LogP contribution is 2.22. The highest BCUT2D eigenvalue weighted by molar-refractivity contribution is 5.14. The van der Waals surface area contributed by atoms with Crippen molar-refractivity contribution >= 4 is 0 Å². The number of benzene rings is 2. The molecule has 0 amide bonds. The lowest BCUT2D eigenvalue weighted by atomic mass is 10.1. The molecule has 5 nitrogen and oxygen atoms in total. The first-order valence-electron chi connectivity index (χ1n) is 8.49. The van der Waals surface area contributed by atoms with E-state index in [9.17, 15) is 10.2 Å². The van der Waals surface area contributed by atoms with E-state index in [0.717, 1.165) is 11.1 Å². The van der Waals surface area contributed by atoms with Crippen LogP contribution in [0.5, 0.6) is 0 Å². The molecule has 2 aromatic carbocycles. The van der Waals surface area contributed by atoms with Gasteiger partial charge in [0.05, 0.1) is 26.4 Å². The number of aliphatic hydroxyl groups is 2. The Morgan fingerprint density at radius 3 is 1.48 bits per heavy atom. The van der Waals surface area contributed by atoms with Crippen molar-refractivity contribution < 1.29 is 24.4 Å². The maximum atomic E-state index is 10.1. The summed E-state index contributed by atoms with van der Waals surface area (Å²) >= 11 is 0. The molecule has 1 aliphatic rings. The van der Waals surface area contributed by atoms with E-state index in [2.05, 4.69) is 0 Å². The van der Waals surface area contributed by atoms with Crippen LogP contribution in [0.25, 0.3) is 0 Å². The van der Waals surface area contributed by atoms with Gasteiger partial charge in [0.15, 0.2) is 0 Å². The van der Waals surface area contributed by atoms with Crippen molar-refractivity contribution in [3.63, 3.8) is 0 Å². The topological polar surface area (TPSA) is 68.2 Å². The third kappa shape index (κ3) is 5.11. The van der Waals surface area contributed by atoms with Crippen LogP contribution in [0, 0.1) is 0 Å². The molecule has 1 saturated heterocycles. The van der Waals surface area contributed by atoms with Gasteiger partial charge in [-0.15, -0.1) is 0 Å². The average molecular weight is 344 g/mol. The largest absolute Gasteiger partial charge is 0.388 e. The fourth-order valence-electron chi connectivity index (χ4n) is 2.84. The quantitative estimate of drug-likeness (QED) is 0.766. The van der Waals surface area contributed by atoms with Gasteiger partial charge in [-0.2, -0.15) is 0 Å². The maximum Gasteiger partial charge on any atom is 0.111 e. The Balaban J connectivity index is 1.41. The van der Waals surface area contributed by atoms with Crippen molar-refractivity contribution in [2.45, 2.75) is 37.6 Å². The average Bonchev–Trinajstić information content (AvgIpc) is 2.92. The van der Waals surface area contributed by atoms with Crippen LogP contribution in [0.15, 0.2) is 60.7 Å². The number of hydrogen-bond acceptors (Lipinski definition) is 5. The minimum absolute atomic E-state index is 0.225. The van der Waals surface area contributed by atoms with Gasteiger partial charge >= 0.3 is 0 Å². The van der Waals surface area contributed by atoms with Crippen molar-refractivity contribution in [2.24, 2.45) is 0 Å². The third-order valence-corrected chi connectivity index (χ3v) is 4.25. The molecule has 1 fully saturated rings. The molecule has 0 aromatic heterocycles. The summed E-state index contributed by atoms with van der Waals surface area (Å²) < 4.78 is 16.9. The van der Waals surface area contributed by atoms with E-state index in [4.69, 9.17) is 14.2 Å². The summed E-state index contributed by atoms with van der Waals surface area (Å²) in [5, 5.41) is 20.3. The van der Waals surface area contributed by atoms with Crippen LogP contribution in [0.1, 0.15) is 11.1 Å². The van der Waals surface area contributed by atoms with E-state index in [-0.39, 0.29) is 13.2 Å². The Morgan fingerprint density at radius 2 is 1.08 bits per heavy atom. The van der Waals surface area contributed by atoms with E-state index in [1.54, 1.807) is 0 Å². The molecule has 1 heterocycles. The van der Waals surface area contributed by atoms with Crippen molar-refractivity contribution in [2.75, 3.05) is 13.2 Å². The Morgan fingerprint density at radius 1 is 0.680 bits per heavy atom. The fraction of sp³-hybridized carbons (Fsp3) is 0.400. The second kappa shape index (κ2) is 9.08. The van der Waals surface area contributed by atoms with E-state index in [0.29, 0.717) is 13.2 Å². The summed E-state index contributed by atoms with van der Waals surface area (Å²) in [5.41, 5.74) is 2.11. The maximum absolute atomic E-state index is 10.1. The molecule has 0 bridgehead atoms. The first-order valence-corrected chi connectivity index (χ1v) is 8.49. The van der Waals surface area contributed by atoms with E-state index < -0.39 is 24.4 Å². The van der Waals surface area contributed by atoms with Gasteiger partial charge in [-0.1, -0.05) is 60.7 Å². The summed E-state index contributed by atoms with van der Waals surface area (Å²) in [7, 11) is 0. The normalized spacial score (nSPS) is 26.0. The molecule has 2 aromatic rings. The molecular weight excluding hydrogens is 320 g/mol. The third-order valence-electron chi connectivity index (χ3n) is 4.25. The van der Waals surface area contributed by atoms with Gasteiger partial charge in [0.1, 0.15) is 24.4 Å². The van der Waals surface area contributed by atoms with Crippen LogP contribution in [0.3, 0.4) is 0 Å². The first-order chi connectivity index (χ1) is 12.2. The second-order valence-corrected chi connectivity index (χ2v) is 6.20. The smallest absolute Gasteiger partial charge is 0.111 e. The Hall–Kier alpha value is -1.76. The van der Waals surface area contributed by atoms with Crippen LogP contribution in [-0.4, -0.2) is 47.8 Å². The monoisotopic (exact) mass is 344 g/mol. The Labute approximate surface area is 147 Å². The molecule has 0 saturated carbocycles. The van der Waals surface area contributed by atoms with Gasteiger partial charge in [0.25, 0.3) is 0 Å². The van der Waals surface area contributed by atoms with Gasteiger partial charge in [0, 0.05) is 0 Å². The van der Waals surface area contributed by atoms with Gasteiger partial charge in [-0.05, 0) is 11.1 Å². The van der Waals surface area contributed by atoms with Gasteiger partial charge in [-0.3, -0.25) is 0 Å². The van der Waals surface area contributed by atoms with Crippen LogP contribution >= 0.6 is 0 Å². The zero-order valence-electron chi connectivity index (χ0n) is 14.0. The predicted octanol–water partition coefficient (Wildman–Crippen LogP) is 1.91. The van der Waals surface area contributed by atoms with Gasteiger partial charge in [0.2, 0.25) is 0 Å². The molecule has 5 heteroatoms. The van der Waals surface area contributed by atoms with E-state index >= 15 is 0 Å². The molecule has 4 atom stereocenters. The molecule has 0 radical (unpaired) electrons. The van der Waals surface area contributed by atoms with Crippen molar-refractivity contribution in [3.05, 3.63) is 71.8 Å². The van der Waals surface area contributed by atoms with Crippen LogP contribution in [0.4, 0.5) is 0 Å². The molecule has 3 rings (SSSR count). The Bertz CT molecular complexity index is 563. The molecule has 0 unspecified atom stereocenters. The van der Waals surface area contributed by atoms with E-state index in [1.807, 2.05) is 60.7 Å². The minimum Gasteiger partial charge on any atom is -0.388 e. The van der Waals surface area contributed by atoms with Crippen LogP contribution in [0.2, 0.25) is 0 Å². The van der Waals surface area contributed by atoms with Crippen molar-refractivity contribution in [1.29, 1.82) is 0 Å². The molecule has 2 N–H and O–H groups in total. The summed E-state index contributed by atoms with van der Waals surface area (Å²) in [6.45, 7) is 1.34. The van der Waals surface area contributed by atoms with Gasteiger partial charge < -0.3 is 24.4 Å². The summed E-state index contributed by atoms with van der Waals surface area (Å²) in [6, 6.07) is 19.6. The number of ether oxygens (including phenoxy) is 3. The Kier molecular flexibility index (Phi) is 6.55. The minimum atomic E-state index is -0.971. The summed E-state index contributed by atoms with van der Waals surface area (Å²) in [5.74, 6) is 0. The zero-order chi connectivity index (χ0) is 17.5. The highest BCUT2D eigenvalue weighted by atomic mass is 16.6. The lowest BCUT2D eigenvalue weighted by Crippen LogP contribution is -2.35. The molecule has 134 valence electrons. The summed E-state index contributed by atoms with van der Waals surface area (Å²) in [6.07, 6.45) is -3.05. The molecule has 25 heavy (non-hydrogen) atoms. The first kappa shape index (κ1) is 18.0. The molecule has 0 aliphatic carbocycles. The SMILES string of the molecule is O[C@H]1[C@H](O)[C@@H](COCc2ccccc2)O[C@@H]1COCc1ccccc1. The van der Waals surface area contributed by atoms with E-state index in [1.165, 1.54) is 0 Å². The lowest BCUT2D eigenvalue weighted by molar-refractivity contribution is -0.0717. The number of rotatable bonds is 8. The highest BCUT2D eigenvalue weighted by Gasteiger charge is 2.42. The zero-order valence-corrected chi connectivity index (χ0v) is 14.0. The van der Waals surface area contributed by atoms with Crippen molar-refractivity contribution in [1.82, 2.24) is 0 Å². The lowest BCUT2D eigenvalue weighted by Gasteiger charge is -2.15. The summed E-state index contributed by atoms with van der Waals surface area (Å²) in [4.78, 5) is 0. The standard InChI is InChI=1S/C20H24O5/c21-19-17(13-23-11-15-7-3-1-4-8-15)25-18(20(19)22)14-24-12-16-9-5-2-6-10-16/h1-10,17-22H,11-14H2/t17-,18-,19-,20-/m1/s1. The number of aliphatic hydroxyl groups excluding tert-OH is 2. The molecular formula is C20H24O5.